The van der Waals surface area contributed by atoms with Gasteiger partial charge in [0, 0.05) is 12.5 Å². The first-order chi connectivity index (χ1) is 3.31. The zero-order valence-corrected chi connectivity index (χ0v) is 4.57. The van der Waals surface area contributed by atoms with Crippen molar-refractivity contribution in [3.05, 3.63) is 6.92 Å². The Bertz CT molecular complexity index is 70.7. The fraction of sp³-hybridized carbons (Fsp3) is 0.500. The van der Waals surface area contributed by atoms with E-state index in [2.05, 4.69) is 18.2 Å². The molecule has 0 amide bonds. The topological polar surface area (TPSA) is 12.0 Å². The molecule has 0 aromatic rings. The molecule has 0 aromatic heterocycles. The van der Waals surface area contributed by atoms with Crippen molar-refractivity contribution < 1.29 is 0 Å². The molecule has 0 aliphatic carbocycles. The predicted molar refractivity (Wildman–Crippen MR) is 31.7 cm³/mol. The van der Waals surface area contributed by atoms with Gasteiger partial charge in [-0.3, -0.25) is 0 Å². The van der Waals surface area contributed by atoms with Crippen molar-refractivity contribution in [3.8, 4) is 12.3 Å². The average molecular weight is 96.2 g/mol. The second-order valence-electron chi connectivity index (χ2n) is 1.39. The van der Waals surface area contributed by atoms with Crippen LogP contribution in [0.3, 0.4) is 0 Å². The molecule has 1 N–H and O–H groups in total. The molecule has 0 aliphatic heterocycles. The second kappa shape index (κ2) is 3.70. The maximum absolute atomic E-state index is 4.97. The van der Waals surface area contributed by atoms with Gasteiger partial charge in [-0.2, -0.15) is 0 Å². The van der Waals surface area contributed by atoms with Gasteiger partial charge in [-0.15, -0.1) is 12.3 Å². The Labute approximate surface area is 45.1 Å². The Kier molecular flexibility index (Phi) is 3.45. The lowest BCUT2D eigenvalue weighted by atomic mass is 10.2. The summed E-state index contributed by atoms with van der Waals surface area (Å²) >= 11 is 0. The normalized spacial score (nSPS) is 12.7. The Hall–Kier alpha value is -0.480. The first-order valence-corrected chi connectivity index (χ1v) is 2.25. The fourth-order valence-corrected chi connectivity index (χ4v) is 0.244. The van der Waals surface area contributed by atoms with Gasteiger partial charge in [0.2, 0.25) is 0 Å². The minimum Gasteiger partial charge on any atom is -0.316 e. The van der Waals surface area contributed by atoms with Gasteiger partial charge in [-0.25, -0.2) is 0 Å². The SMILES string of the molecule is C#CCC([CH2])NC. The van der Waals surface area contributed by atoms with Crippen LogP contribution in [0.25, 0.3) is 0 Å². The third-order valence-corrected chi connectivity index (χ3v) is 0.772. The van der Waals surface area contributed by atoms with Crippen molar-refractivity contribution in [2.45, 2.75) is 12.5 Å². The van der Waals surface area contributed by atoms with Gasteiger partial charge in [-0.05, 0) is 14.0 Å². The summed E-state index contributed by atoms with van der Waals surface area (Å²) in [6, 6.07) is 0.213. The molecule has 0 saturated carbocycles. The van der Waals surface area contributed by atoms with Gasteiger partial charge >= 0.3 is 0 Å². The van der Waals surface area contributed by atoms with E-state index in [-0.39, 0.29) is 6.04 Å². The highest BCUT2D eigenvalue weighted by atomic mass is 14.8. The summed E-state index contributed by atoms with van der Waals surface area (Å²) in [5.41, 5.74) is 0. The zero-order chi connectivity index (χ0) is 5.70. The molecule has 0 aliphatic rings. The van der Waals surface area contributed by atoms with E-state index >= 15 is 0 Å². The van der Waals surface area contributed by atoms with Gasteiger partial charge in [-0.1, -0.05) is 0 Å². The molecule has 1 nitrogen and oxygen atoms in total. The number of terminal acetylenes is 1. The first kappa shape index (κ1) is 6.52. The van der Waals surface area contributed by atoms with E-state index in [1.165, 1.54) is 0 Å². The summed E-state index contributed by atoms with van der Waals surface area (Å²) in [6.07, 6.45) is 5.68. The van der Waals surface area contributed by atoms with E-state index in [9.17, 15) is 0 Å². The van der Waals surface area contributed by atoms with Crippen molar-refractivity contribution in [1.29, 1.82) is 0 Å². The number of hydrogen-bond donors (Lipinski definition) is 1. The lowest BCUT2D eigenvalue weighted by Gasteiger charge is -2.01. The number of hydrogen-bond acceptors (Lipinski definition) is 1. The molecule has 0 fully saturated rings. The van der Waals surface area contributed by atoms with Crippen LogP contribution in [0.4, 0.5) is 0 Å². The van der Waals surface area contributed by atoms with E-state index in [1.807, 2.05) is 7.05 Å². The average Bonchev–Trinajstić information content (AvgIpc) is 1.68. The van der Waals surface area contributed by atoms with Gasteiger partial charge in [0.05, 0.1) is 0 Å². The monoisotopic (exact) mass is 96.1 g/mol. The molecule has 1 atom stereocenters. The van der Waals surface area contributed by atoms with Crippen LogP contribution in [-0.2, 0) is 0 Å². The summed E-state index contributed by atoms with van der Waals surface area (Å²) in [5, 5.41) is 2.91. The van der Waals surface area contributed by atoms with Crippen LogP contribution in [0, 0.1) is 19.3 Å². The molecule has 1 radical (unpaired) electrons. The molecule has 0 heterocycles. The maximum Gasteiger partial charge on any atom is 0.0240 e. The molecular weight excluding hydrogens is 86.1 g/mol. The van der Waals surface area contributed by atoms with Crippen LogP contribution >= 0.6 is 0 Å². The van der Waals surface area contributed by atoms with Gasteiger partial charge in [0.1, 0.15) is 0 Å². The molecule has 0 spiro atoms. The molecule has 39 valence electrons. The fourth-order valence-electron chi connectivity index (χ4n) is 0.244. The molecule has 1 unspecified atom stereocenters. The van der Waals surface area contributed by atoms with Crippen molar-refractivity contribution in [1.82, 2.24) is 5.32 Å². The van der Waals surface area contributed by atoms with Gasteiger partial charge < -0.3 is 5.32 Å². The van der Waals surface area contributed by atoms with E-state index in [4.69, 9.17) is 6.42 Å². The highest BCUT2D eigenvalue weighted by Gasteiger charge is 1.89. The largest absolute Gasteiger partial charge is 0.316 e. The Morgan fingerprint density at radius 1 is 2.00 bits per heavy atom. The molecule has 7 heavy (non-hydrogen) atoms. The van der Waals surface area contributed by atoms with E-state index in [1.54, 1.807) is 0 Å². The summed E-state index contributed by atoms with van der Waals surface area (Å²) < 4.78 is 0. The molecule has 0 saturated heterocycles. The van der Waals surface area contributed by atoms with E-state index in [0.717, 1.165) is 0 Å². The first-order valence-electron chi connectivity index (χ1n) is 2.25. The number of nitrogens with one attached hydrogen (secondary N) is 1. The third kappa shape index (κ3) is 3.35. The summed E-state index contributed by atoms with van der Waals surface area (Å²) in [5.74, 6) is 2.49. The standard InChI is InChI=1S/C6H10N/c1-4-5-6(2)7-3/h1,6-7H,2,5H2,3H3. The Morgan fingerprint density at radius 3 is 2.71 bits per heavy atom. The van der Waals surface area contributed by atoms with Gasteiger partial charge in [0.15, 0.2) is 0 Å². The second-order valence-corrected chi connectivity index (χ2v) is 1.39. The van der Waals surface area contributed by atoms with Crippen LogP contribution in [0.2, 0.25) is 0 Å². The van der Waals surface area contributed by atoms with Crippen LogP contribution < -0.4 is 5.32 Å². The van der Waals surface area contributed by atoms with E-state index < -0.39 is 0 Å². The van der Waals surface area contributed by atoms with Crippen LogP contribution in [0.5, 0.6) is 0 Å². The minimum absolute atomic E-state index is 0.213. The molecule has 0 rings (SSSR count). The van der Waals surface area contributed by atoms with Crippen molar-refractivity contribution in [2.75, 3.05) is 7.05 Å². The highest BCUT2D eigenvalue weighted by Crippen LogP contribution is 1.82. The summed E-state index contributed by atoms with van der Waals surface area (Å²) in [4.78, 5) is 0. The molecule has 0 aromatic carbocycles. The quantitative estimate of drug-likeness (QED) is 0.492. The zero-order valence-electron chi connectivity index (χ0n) is 4.57. The van der Waals surface area contributed by atoms with Crippen LogP contribution in [0.1, 0.15) is 6.42 Å². The van der Waals surface area contributed by atoms with Crippen LogP contribution in [-0.4, -0.2) is 13.1 Å². The molecular formula is C6H10N. The maximum atomic E-state index is 4.97. The lowest BCUT2D eigenvalue weighted by molar-refractivity contribution is 0.683. The number of rotatable bonds is 2. The minimum atomic E-state index is 0.213. The summed E-state index contributed by atoms with van der Waals surface area (Å²) in [7, 11) is 1.84. The third-order valence-electron chi connectivity index (χ3n) is 0.772. The Balaban J connectivity index is 3.03. The molecule has 1 heteroatoms. The van der Waals surface area contributed by atoms with Crippen molar-refractivity contribution in [3.63, 3.8) is 0 Å². The van der Waals surface area contributed by atoms with Crippen molar-refractivity contribution in [2.24, 2.45) is 0 Å². The van der Waals surface area contributed by atoms with E-state index in [0.29, 0.717) is 6.42 Å². The Morgan fingerprint density at radius 2 is 2.57 bits per heavy atom. The highest BCUT2D eigenvalue weighted by molar-refractivity contribution is 4.89. The smallest absolute Gasteiger partial charge is 0.0240 e. The predicted octanol–water partition coefficient (Wildman–Crippen LogP) is 0.432. The van der Waals surface area contributed by atoms with Crippen LogP contribution in [0.15, 0.2) is 0 Å². The molecule has 0 bridgehead atoms. The van der Waals surface area contributed by atoms with Gasteiger partial charge in [0.25, 0.3) is 0 Å². The lowest BCUT2D eigenvalue weighted by Crippen LogP contribution is -2.20. The summed E-state index contributed by atoms with van der Waals surface area (Å²) in [6.45, 7) is 3.69. The van der Waals surface area contributed by atoms with Crippen molar-refractivity contribution >= 4 is 0 Å².